The first-order chi connectivity index (χ1) is 12.1. The van der Waals surface area contributed by atoms with Gasteiger partial charge in [0.05, 0.1) is 6.10 Å². The number of piperidine rings is 1. The molecule has 1 aliphatic heterocycles. The first-order valence-electron chi connectivity index (χ1n) is 8.42. The van der Waals surface area contributed by atoms with Gasteiger partial charge < -0.3 is 19.9 Å². The first-order valence-corrected chi connectivity index (χ1v) is 8.42. The third-order valence-corrected chi connectivity index (χ3v) is 3.88. The molecule has 0 aromatic carbocycles. The largest absolute Gasteiger partial charge is 0.447 e. The van der Waals surface area contributed by atoms with E-state index >= 15 is 0 Å². The zero-order chi connectivity index (χ0) is 19.5. The summed E-state index contributed by atoms with van der Waals surface area (Å²) in [6.45, 7) is 4.48. The monoisotopic (exact) mass is 375 g/mol. The molecule has 0 bridgehead atoms. The van der Waals surface area contributed by atoms with Gasteiger partial charge in [-0.25, -0.2) is 9.78 Å². The zero-order valence-electron chi connectivity index (χ0n) is 15.3. The SMILES string of the molecule is CC(C)OC(=O)N1CCC(Nc2nc(N(C)C)cc(C(F)(F)F)n2)CC1. The summed E-state index contributed by atoms with van der Waals surface area (Å²) in [6.07, 6.45) is -3.97. The van der Waals surface area contributed by atoms with Crippen LogP contribution in [0.5, 0.6) is 0 Å². The Morgan fingerprint density at radius 2 is 1.92 bits per heavy atom. The Bertz CT molecular complexity index is 629. The fourth-order valence-electron chi connectivity index (χ4n) is 2.54. The van der Waals surface area contributed by atoms with E-state index in [4.69, 9.17) is 4.74 Å². The van der Waals surface area contributed by atoms with Gasteiger partial charge in [0, 0.05) is 39.3 Å². The van der Waals surface area contributed by atoms with Crippen LogP contribution in [0.2, 0.25) is 0 Å². The van der Waals surface area contributed by atoms with Crippen molar-refractivity contribution in [3.63, 3.8) is 0 Å². The smallest absolute Gasteiger partial charge is 0.433 e. The minimum Gasteiger partial charge on any atom is -0.447 e. The van der Waals surface area contributed by atoms with Gasteiger partial charge in [0.25, 0.3) is 0 Å². The number of nitrogens with zero attached hydrogens (tertiary/aromatic N) is 4. The third-order valence-electron chi connectivity index (χ3n) is 3.88. The van der Waals surface area contributed by atoms with E-state index in [2.05, 4.69) is 15.3 Å². The predicted octanol–water partition coefficient (Wildman–Crippen LogP) is 2.98. The summed E-state index contributed by atoms with van der Waals surface area (Å²) in [7, 11) is 3.23. The van der Waals surface area contributed by atoms with Crippen LogP contribution < -0.4 is 10.2 Å². The van der Waals surface area contributed by atoms with E-state index in [1.807, 2.05) is 0 Å². The fraction of sp³-hybridized carbons (Fsp3) is 0.688. The molecular formula is C16H24F3N5O2. The summed E-state index contributed by atoms with van der Waals surface area (Å²) in [4.78, 5) is 22.7. The van der Waals surface area contributed by atoms with Crippen LogP contribution >= 0.6 is 0 Å². The second-order valence-corrected chi connectivity index (χ2v) is 6.67. The summed E-state index contributed by atoms with van der Waals surface area (Å²) in [6, 6.07) is 0.798. The number of hydrogen-bond donors (Lipinski definition) is 1. The average Bonchev–Trinajstić information content (AvgIpc) is 2.53. The van der Waals surface area contributed by atoms with Gasteiger partial charge in [0.15, 0.2) is 5.69 Å². The number of rotatable bonds is 4. The first kappa shape index (κ1) is 20.1. The molecular weight excluding hydrogens is 351 g/mol. The lowest BCUT2D eigenvalue weighted by molar-refractivity contribution is -0.141. The maximum Gasteiger partial charge on any atom is 0.433 e. The molecule has 0 atom stereocenters. The molecule has 1 amide bonds. The molecule has 2 heterocycles. The van der Waals surface area contributed by atoms with Crippen molar-refractivity contribution in [1.82, 2.24) is 14.9 Å². The van der Waals surface area contributed by atoms with Crippen LogP contribution in [0.25, 0.3) is 0 Å². The van der Waals surface area contributed by atoms with Crippen molar-refractivity contribution in [2.75, 3.05) is 37.4 Å². The van der Waals surface area contributed by atoms with Crippen LogP contribution in [0, 0.1) is 0 Å². The molecule has 26 heavy (non-hydrogen) atoms. The third kappa shape index (κ3) is 5.37. The van der Waals surface area contributed by atoms with E-state index in [0.29, 0.717) is 25.9 Å². The summed E-state index contributed by atoms with van der Waals surface area (Å²) < 4.78 is 44.3. The molecule has 0 saturated carbocycles. The highest BCUT2D eigenvalue weighted by atomic mass is 19.4. The van der Waals surface area contributed by atoms with Gasteiger partial charge in [-0.2, -0.15) is 18.2 Å². The van der Waals surface area contributed by atoms with E-state index in [0.717, 1.165) is 6.07 Å². The molecule has 2 rings (SSSR count). The fourth-order valence-corrected chi connectivity index (χ4v) is 2.54. The Hall–Kier alpha value is -2.26. The van der Waals surface area contributed by atoms with Crippen LogP contribution in [0.1, 0.15) is 32.4 Å². The minimum absolute atomic E-state index is 0.0632. The van der Waals surface area contributed by atoms with Crippen LogP contribution in [-0.2, 0) is 10.9 Å². The highest BCUT2D eigenvalue weighted by molar-refractivity contribution is 5.67. The normalized spacial score (nSPS) is 15.9. The summed E-state index contributed by atoms with van der Waals surface area (Å²) in [5.74, 6) is 0.111. The maximum absolute atomic E-state index is 13.0. The van der Waals surface area contributed by atoms with Crippen molar-refractivity contribution < 1.29 is 22.7 Å². The zero-order valence-corrected chi connectivity index (χ0v) is 15.3. The number of amides is 1. The Morgan fingerprint density at radius 1 is 1.31 bits per heavy atom. The average molecular weight is 375 g/mol. The van der Waals surface area contributed by atoms with Gasteiger partial charge >= 0.3 is 12.3 Å². The van der Waals surface area contributed by atoms with Gasteiger partial charge in [-0.05, 0) is 26.7 Å². The number of halogens is 3. The standard InChI is InChI=1S/C16H24F3N5O2/c1-10(2)26-15(25)24-7-5-11(6-8-24)20-14-21-12(16(17,18)19)9-13(22-14)23(3)4/h9-11H,5-8H2,1-4H3,(H,20,21,22). The van der Waals surface area contributed by atoms with Crippen LogP contribution in [0.4, 0.5) is 29.7 Å². The molecule has 0 radical (unpaired) electrons. The lowest BCUT2D eigenvalue weighted by atomic mass is 10.1. The van der Waals surface area contributed by atoms with E-state index in [9.17, 15) is 18.0 Å². The van der Waals surface area contributed by atoms with Gasteiger partial charge in [-0.1, -0.05) is 0 Å². The number of anilines is 2. The molecule has 0 unspecified atom stereocenters. The molecule has 146 valence electrons. The van der Waals surface area contributed by atoms with Gasteiger partial charge in [0.1, 0.15) is 5.82 Å². The van der Waals surface area contributed by atoms with Crippen molar-refractivity contribution in [2.24, 2.45) is 0 Å². The predicted molar refractivity (Wildman–Crippen MR) is 91.2 cm³/mol. The van der Waals surface area contributed by atoms with Crippen molar-refractivity contribution in [3.05, 3.63) is 11.8 Å². The van der Waals surface area contributed by atoms with Crippen molar-refractivity contribution in [1.29, 1.82) is 0 Å². The number of likely N-dealkylation sites (tertiary alicyclic amines) is 1. The Balaban J connectivity index is 2.03. The second kappa shape index (κ2) is 7.96. The lowest BCUT2D eigenvalue weighted by Gasteiger charge is -2.32. The van der Waals surface area contributed by atoms with E-state index in [1.54, 1.807) is 32.8 Å². The van der Waals surface area contributed by atoms with Gasteiger partial charge in [0.2, 0.25) is 5.95 Å². The molecule has 7 nitrogen and oxygen atoms in total. The highest BCUT2D eigenvalue weighted by Crippen LogP contribution is 2.30. The van der Waals surface area contributed by atoms with E-state index < -0.39 is 11.9 Å². The Kier molecular flexibility index (Phi) is 6.14. The molecule has 1 aromatic heterocycles. The van der Waals surface area contributed by atoms with Gasteiger partial charge in [-0.3, -0.25) is 0 Å². The number of alkyl halides is 3. The van der Waals surface area contributed by atoms with E-state index in [-0.39, 0.29) is 30.0 Å². The van der Waals surface area contributed by atoms with Crippen molar-refractivity contribution in [2.45, 2.75) is 45.0 Å². The van der Waals surface area contributed by atoms with Gasteiger partial charge in [-0.15, -0.1) is 0 Å². The number of hydrogen-bond acceptors (Lipinski definition) is 6. The number of carbonyl (C=O) groups excluding carboxylic acids is 1. The Labute approximate surface area is 150 Å². The maximum atomic E-state index is 13.0. The quantitative estimate of drug-likeness (QED) is 0.873. The molecule has 10 heteroatoms. The number of ether oxygens (including phenoxy) is 1. The molecule has 1 saturated heterocycles. The van der Waals surface area contributed by atoms with Crippen molar-refractivity contribution >= 4 is 17.9 Å². The molecule has 1 aromatic rings. The molecule has 1 aliphatic rings. The van der Waals surface area contributed by atoms with E-state index in [1.165, 1.54) is 4.90 Å². The summed E-state index contributed by atoms with van der Waals surface area (Å²) in [5.41, 5.74) is -0.989. The number of aromatic nitrogens is 2. The molecule has 1 N–H and O–H groups in total. The molecule has 0 spiro atoms. The molecule has 1 fully saturated rings. The molecule has 0 aliphatic carbocycles. The topological polar surface area (TPSA) is 70.6 Å². The Morgan fingerprint density at radius 3 is 2.42 bits per heavy atom. The number of carbonyl (C=O) groups is 1. The van der Waals surface area contributed by atoms with Crippen molar-refractivity contribution in [3.8, 4) is 0 Å². The van der Waals surface area contributed by atoms with Crippen LogP contribution in [0.3, 0.4) is 0 Å². The van der Waals surface area contributed by atoms with Crippen LogP contribution in [-0.4, -0.2) is 60.3 Å². The van der Waals surface area contributed by atoms with Crippen LogP contribution in [0.15, 0.2) is 6.07 Å². The lowest BCUT2D eigenvalue weighted by Crippen LogP contribution is -2.43. The number of nitrogens with one attached hydrogen (secondary N) is 1. The highest BCUT2D eigenvalue weighted by Gasteiger charge is 2.34. The minimum atomic E-state index is -4.55. The summed E-state index contributed by atoms with van der Waals surface area (Å²) >= 11 is 0. The summed E-state index contributed by atoms with van der Waals surface area (Å²) in [5, 5.41) is 2.96. The second-order valence-electron chi connectivity index (χ2n) is 6.67.